The SMILES string of the molecule is CCC(C)CNCCCOC(C)C. The fourth-order valence-electron chi connectivity index (χ4n) is 1.01. The normalized spacial score (nSPS) is 13.6. The minimum Gasteiger partial charge on any atom is -0.379 e. The molecule has 0 amide bonds. The van der Waals surface area contributed by atoms with Crippen molar-refractivity contribution in [1.82, 2.24) is 5.32 Å². The minimum absolute atomic E-state index is 0.370. The summed E-state index contributed by atoms with van der Waals surface area (Å²) in [6.45, 7) is 11.8. The number of hydrogen-bond acceptors (Lipinski definition) is 2. The van der Waals surface area contributed by atoms with Gasteiger partial charge >= 0.3 is 0 Å². The molecule has 1 N–H and O–H groups in total. The van der Waals surface area contributed by atoms with Crippen LogP contribution >= 0.6 is 0 Å². The molecule has 0 aromatic heterocycles. The van der Waals surface area contributed by atoms with Crippen LogP contribution in [0.5, 0.6) is 0 Å². The van der Waals surface area contributed by atoms with Crippen LogP contribution in [0.4, 0.5) is 0 Å². The summed E-state index contributed by atoms with van der Waals surface area (Å²) in [6, 6.07) is 0. The van der Waals surface area contributed by atoms with Crippen LogP contribution in [0.1, 0.15) is 40.5 Å². The number of nitrogens with one attached hydrogen (secondary N) is 1. The molecule has 2 heteroatoms. The highest BCUT2D eigenvalue weighted by molar-refractivity contribution is 4.54. The van der Waals surface area contributed by atoms with Crippen molar-refractivity contribution >= 4 is 0 Å². The predicted octanol–water partition coefficient (Wildman–Crippen LogP) is 2.44. The van der Waals surface area contributed by atoms with Crippen molar-refractivity contribution in [3.05, 3.63) is 0 Å². The van der Waals surface area contributed by atoms with E-state index in [0.29, 0.717) is 6.10 Å². The summed E-state index contributed by atoms with van der Waals surface area (Å²) in [7, 11) is 0. The third-order valence-electron chi connectivity index (χ3n) is 2.14. The van der Waals surface area contributed by atoms with Crippen molar-refractivity contribution in [2.75, 3.05) is 19.7 Å². The van der Waals surface area contributed by atoms with Crippen LogP contribution in [0.3, 0.4) is 0 Å². The summed E-state index contributed by atoms with van der Waals surface area (Å²) in [5.41, 5.74) is 0. The molecular formula is C11H25NO. The lowest BCUT2D eigenvalue weighted by atomic mass is 10.1. The summed E-state index contributed by atoms with van der Waals surface area (Å²) < 4.78 is 5.44. The van der Waals surface area contributed by atoms with E-state index in [1.807, 2.05) is 0 Å². The van der Waals surface area contributed by atoms with Crippen LogP contribution in [0.15, 0.2) is 0 Å². The first-order valence-corrected chi connectivity index (χ1v) is 5.49. The van der Waals surface area contributed by atoms with E-state index in [4.69, 9.17) is 4.74 Å². The van der Waals surface area contributed by atoms with Crippen molar-refractivity contribution in [3.63, 3.8) is 0 Å². The molecule has 0 aromatic rings. The molecule has 0 rings (SSSR count). The highest BCUT2D eigenvalue weighted by Crippen LogP contribution is 1.97. The minimum atomic E-state index is 0.370. The standard InChI is InChI=1S/C11H25NO/c1-5-11(4)9-12-7-6-8-13-10(2)3/h10-12H,5-9H2,1-4H3. The second-order valence-corrected chi connectivity index (χ2v) is 3.99. The molecule has 13 heavy (non-hydrogen) atoms. The molecule has 1 atom stereocenters. The van der Waals surface area contributed by atoms with Gasteiger partial charge in [0.2, 0.25) is 0 Å². The van der Waals surface area contributed by atoms with Gasteiger partial charge in [-0.25, -0.2) is 0 Å². The lowest BCUT2D eigenvalue weighted by Crippen LogP contribution is -2.23. The number of ether oxygens (including phenoxy) is 1. The Morgan fingerprint density at radius 1 is 1.23 bits per heavy atom. The third kappa shape index (κ3) is 9.84. The Kier molecular flexibility index (Phi) is 8.46. The van der Waals surface area contributed by atoms with Crippen molar-refractivity contribution in [2.24, 2.45) is 5.92 Å². The molecule has 0 saturated heterocycles. The lowest BCUT2D eigenvalue weighted by molar-refractivity contribution is 0.0770. The molecule has 0 radical (unpaired) electrons. The molecule has 0 aliphatic carbocycles. The smallest absolute Gasteiger partial charge is 0.0518 e. The molecule has 80 valence electrons. The summed E-state index contributed by atoms with van der Waals surface area (Å²) >= 11 is 0. The fraction of sp³-hybridized carbons (Fsp3) is 1.00. The first-order chi connectivity index (χ1) is 6.16. The molecule has 1 unspecified atom stereocenters. The maximum atomic E-state index is 5.44. The van der Waals surface area contributed by atoms with Gasteiger partial charge in [-0.05, 0) is 39.3 Å². The maximum Gasteiger partial charge on any atom is 0.0518 e. The first kappa shape index (κ1) is 12.9. The van der Waals surface area contributed by atoms with Crippen LogP contribution in [-0.2, 0) is 4.74 Å². The summed E-state index contributed by atoms with van der Waals surface area (Å²) in [6.07, 6.45) is 2.75. The Morgan fingerprint density at radius 2 is 1.92 bits per heavy atom. The Balaban J connectivity index is 2.99. The van der Waals surface area contributed by atoms with E-state index in [-0.39, 0.29) is 0 Å². The maximum absolute atomic E-state index is 5.44. The highest BCUT2D eigenvalue weighted by atomic mass is 16.5. The summed E-state index contributed by atoms with van der Waals surface area (Å²) in [4.78, 5) is 0. The van der Waals surface area contributed by atoms with E-state index in [9.17, 15) is 0 Å². The van der Waals surface area contributed by atoms with Gasteiger partial charge in [-0.2, -0.15) is 0 Å². The van der Waals surface area contributed by atoms with Gasteiger partial charge < -0.3 is 10.1 Å². The molecule has 0 heterocycles. The van der Waals surface area contributed by atoms with Gasteiger partial charge in [-0.3, -0.25) is 0 Å². The first-order valence-electron chi connectivity index (χ1n) is 5.49. The quantitative estimate of drug-likeness (QED) is 0.589. The molecule has 0 aliphatic heterocycles. The highest BCUT2D eigenvalue weighted by Gasteiger charge is 1.97. The zero-order valence-electron chi connectivity index (χ0n) is 9.60. The average molecular weight is 187 g/mol. The Bertz CT molecular complexity index is 104. The molecule has 0 saturated carbocycles. The van der Waals surface area contributed by atoms with E-state index in [2.05, 4.69) is 33.0 Å². The molecule has 0 aliphatic rings. The van der Waals surface area contributed by atoms with Crippen LogP contribution in [0, 0.1) is 5.92 Å². The van der Waals surface area contributed by atoms with E-state index < -0.39 is 0 Å². The predicted molar refractivity (Wildman–Crippen MR) is 58.0 cm³/mol. The molecular weight excluding hydrogens is 162 g/mol. The zero-order valence-corrected chi connectivity index (χ0v) is 9.60. The van der Waals surface area contributed by atoms with Gasteiger partial charge in [0.05, 0.1) is 6.10 Å². The number of hydrogen-bond donors (Lipinski definition) is 1. The van der Waals surface area contributed by atoms with E-state index in [1.54, 1.807) is 0 Å². The molecule has 0 aromatic carbocycles. The number of rotatable bonds is 8. The van der Waals surface area contributed by atoms with Gasteiger partial charge in [0.25, 0.3) is 0 Å². The largest absolute Gasteiger partial charge is 0.379 e. The van der Waals surface area contributed by atoms with Crippen molar-refractivity contribution in [2.45, 2.75) is 46.6 Å². The summed E-state index contributed by atoms with van der Waals surface area (Å²) in [5, 5.41) is 3.43. The Hall–Kier alpha value is -0.0800. The molecule has 0 spiro atoms. The second-order valence-electron chi connectivity index (χ2n) is 3.99. The Labute approximate surface area is 83.1 Å². The Morgan fingerprint density at radius 3 is 2.46 bits per heavy atom. The molecule has 0 bridgehead atoms. The molecule has 0 fully saturated rings. The van der Waals surface area contributed by atoms with Crippen LogP contribution in [0.25, 0.3) is 0 Å². The summed E-state index contributed by atoms with van der Waals surface area (Å²) in [5.74, 6) is 0.797. The fourth-order valence-corrected chi connectivity index (χ4v) is 1.01. The van der Waals surface area contributed by atoms with Crippen LogP contribution in [0.2, 0.25) is 0 Å². The second kappa shape index (κ2) is 8.52. The van der Waals surface area contributed by atoms with Gasteiger partial charge in [0.15, 0.2) is 0 Å². The molecule has 2 nitrogen and oxygen atoms in total. The topological polar surface area (TPSA) is 21.3 Å². The van der Waals surface area contributed by atoms with Gasteiger partial charge in [0, 0.05) is 6.61 Å². The van der Waals surface area contributed by atoms with Crippen molar-refractivity contribution in [3.8, 4) is 0 Å². The van der Waals surface area contributed by atoms with Gasteiger partial charge in [-0.1, -0.05) is 20.3 Å². The van der Waals surface area contributed by atoms with E-state index >= 15 is 0 Å². The third-order valence-corrected chi connectivity index (χ3v) is 2.14. The van der Waals surface area contributed by atoms with Gasteiger partial charge in [0.1, 0.15) is 0 Å². The lowest BCUT2D eigenvalue weighted by Gasteiger charge is -2.10. The van der Waals surface area contributed by atoms with Crippen LogP contribution in [-0.4, -0.2) is 25.8 Å². The van der Waals surface area contributed by atoms with Gasteiger partial charge in [-0.15, -0.1) is 0 Å². The van der Waals surface area contributed by atoms with Crippen molar-refractivity contribution < 1.29 is 4.74 Å². The zero-order chi connectivity index (χ0) is 10.1. The van der Waals surface area contributed by atoms with Crippen molar-refractivity contribution in [1.29, 1.82) is 0 Å². The van der Waals surface area contributed by atoms with E-state index in [0.717, 1.165) is 32.0 Å². The monoisotopic (exact) mass is 187 g/mol. The van der Waals surface area contributed by atoms with E-state index in [1.165, 1.54) is 6.42 Å². The van der Waals surface area contributed by atoms with Crippen LogP contribution < -0.4 is 5.32 Å². The average Bonchev–Trinajstić information content (AvgIpc) is 2.10.